The Morgan fingerprint density at radius 1 is 1.24 bits per heavy atom. The molecule has 114 valence electrons. The molecule has 0 saturated carbocycles. The second-order valence-corrected chi connectivity index (χ2v) is 4.66. The molecular formula is C14H15F3N2O2. The summed E-state index contributed by atoms with van der Waals surface area (Å²) in [5, 5.41) is 10.0. The summed E-state index contributed by atoms with van der Waals surface area (Å²) >= 11 is 0. The lowest BCUT2D eigenvalue weighted by Crippen LogP contribution is -2.25. The van der Waals surface area contributed by atoms with Crippen molar-refractivity contribution in [2.24, 2.45) is 0 Å². The fraction of sp³-hybridized carbons (Fsp3) is 0.357. The van der Waals surface area contributed by atoms with Crippen LogP contribution in [0.3, 0.4) is 0 Å². The number of rotatable bonds is 4. The zero-order valence-corrected chi connectivity index (χ0v) is 11.3. The third-order valence-electron chi connectivity index (χ3n) is 3.23. The molecule has 0 bridgehead atoms. The summed E-state index contributed by atoms with van der Waals surface area (Å²) in [7, 11) is 0. The molecule has 0 radical (unpaired) electrons. The van der Waals surface area contributed by atoms with Crippen molar-refractivity contribution >= 4 is 0 Å². The van der Waals surface area contributed by atoms with Gasteiger partial charge < -0.3 is 5.11 Å². The highest BCUT2D eigenvalue weighted by atomic mass is 19.4. The van der Waals surface area contributed by atoms with Gasteiger partial charge in [0, 0.05) is 18.9 Å². The van der Waals surface area contributed by atoms with E-state index in [9.17, 15) is 23.1 Å². The van der Waals surface area contributed by atoms with Crippen molar-refractivity contribution in [3.63, 3.8) is 0 Å². The van der Waals surface area contributed by atoms with E-state index in [-0.39, 0.29) is 17.8 Å². The standard InChI is InChI=1S/C14H15F3N2O2/c1-2-18-6-7-19(13(18)21)9-12(20)10-4-3-5-11(8-10)14(15,16)17/h3-8,12,20H,2,9H2,1H3. The van der Waals surface area contributed by atoms with Gasteiger partial charge in [0.25, 0.3) is 0 Å². The topological polar surface area (TPSA) is 47.2 Å². The van der Waals surface area contributed by atoms with E-state index in [4.69, 9.17) is 0 Å². The first-order valence-corrected chi connectivity index (χ1v) is 6.43. The van der Waals surface area contributed by atoms with Crippen LogP contribution in [0.4, 0.5) is 13.2 Å². The molecule has 1 N–H and O–H groups in total. The van der Waals surface area contributed by atoms with Crippen LogP contribution in [0.2, 0.25) is 0 Å². The minimum Gasteiger partial charge on any atom is -0.387 e. The smallest absolute Gasteiger partial charge is 0.387 e. The van der Waals surface area contributed by atoms with Crippen LogP contribution in [-0.4, -0.2) is 14.2 Å². The molecule has 4 nitrogen and oxygen atoms in total. The van der Waals surface area contributed by atoms with Crippen LogP contribution in [0, 0.1) is 0 Å². The van der Waals surface area contributed by atoms with Crippen molar-refractivity contribution in [3.8, 4) is 0 Å². The number of benzene rings is 1. The zero-order valence-electron chi connectivity index (χ0n) is 11.3. The molecule has 2 aromatic rings. The molecule has 0 amide bonds. The Bertz CT molecular complexity index is 673. The van der Waals surface area contributed by atoms with Crippen molar-refractivity contribution in [2.75, 3.05) is 0 Å². The van der Waals surface area contributed by atoms with E-state index in [0.717, 1.165) is 12.1 Å². The number of hydrogen-bond donors (Lipinski definition) is 1. The third kappa shape index (κ3) is 3.36. The molecule has 1 heterocycles. The Morgan fingerprint density at radius 2 is 1.90 bits per heavy atom. The van der Waals surface area contributed by atoms with Gasteiger partial charge >= 0.3 is 11.9 Å². The summed E-state index contributed by atoms with van der Waals surface area (Å²) in [4.78, 5) is 11.8. The van der Waals surface area contributed by atoms with Gasteiger partial charge in [0.1, 0.15) is 0 Å². The van der Waals surface area contributed by atoms with Gasteiger partial charge in [-0.1, -0.05) is 12.1 Å². The Labute approximate surface area is 119 Å². The molecule has 0 fully saturated rings. The molecule has 0 aliphatic carbocycles. The average Bonchev–Trinajstić information content (AvgIpc) is 2.79. The van der Waals surface area contributed by atoms with Gasteiger partial charge in [-0.25, -0.2) is 4.79 Å². The predicted molar refractivity (Wildman–Crippen MR) is 70.8 cm³/mol. The van der Waals surface area contributed by atoms with E-state index in [1.54, 1.807) is 13.1 Å². The summed E-state index contributed by atoms with van der Waals surface area (Å²) < 4.78 is 40.6. The first kappa shape index (κ1) is 15.4. The molecule has 2 rings (SSSR count). The maximum Gasteiger partial charge on any atom is 0.416 e. The lowest BCUT2D eigenvalue weighted by Gasteiger charge is -2.14. The van der Waals surface area contributed by atoms with E-state index in [1.165, 1.54) is 27.5 Å². The lowest BCUT2D eigenvalue weighted by atomic mass is 10.1. The predicted octanol–water partition coefficient (Wildman–Crippen LogP) is 2.42. The van der Waals surface area contributed by atoms with Gasteiger partial charge in [0.2, 0.25) is 0 Å². The highest BCUT2D eigenvalue weighted by molar-refractivity contribution is 5.27. The summed E-state index contributed by atoms with van der Waals surface area (Å²) in [6, 6.07) is 4.48. The third-order valence-corrected chi connectivity index (χ3v) is 3.23. The number of imidazole rings is 1. The molecule has 1 aromatic heterocycles. The highest BCUT2D eigenvalue weighted by Crippen LogP contribution is 2.30. The minimum atomic E-state index is -4.46. The molecule has 1 atom stereocenters. The number of hydrogen-bond acceptors (Lipinski definition) is 2. The van der Waals surface area contributed by atoms with Crippen LogP contribution in [0.25, 0.3) is 0 Å². The maximum absolute atomic E-state index is 12.6. The van der Waals surface area contributed by atoms with Crippen molar-refractivity contribution in [3.05, 3.63) is 58.3 Å². The normalized spacial score (nSPS) is 13.4. The van der Waals surface area contributed by atoms with Crippen molar-refractivity contribution in [1.82, 2.24) is 9.13 Å². The minimum absolute atomic E-state index is 0.0901. The van der Waals surface area contributed by atoms with Gasteiger partial charge in [-0.15, -0.1) is 0 Å². The van der Waals surface area contributed by atoms with Crippen LogP contribution in [0.15, 0.2) is 41.5 Å². The first-order chi connectivity index (χ1) is 9.82. The Kier molecular flexibility index (Phi) is 4.22. The molecule has 0 aliphatic rings. The number of halogens is 3. The Hall–Kier alpha value is -2.02. The first-order valence-electron chi connectivity index (χ1n) is 6.43. The second kappa shape index (κ2) is 5.77. The highest BCUT2D eigenvalue weighted by Gasteiger charge is 2.30. The Balaban J connectivity index is 2.22. The van der Waals surface area contributed by atoms with E-state index < -0.39 is 17.8 Å². The van der Waals surface area contributed by atoms with Gasteiger partial charge in [-0.3, -0.25) is 9.13 Å². The maximum atomic E-state index is 12.6. The number of aryl methyl sites for hydroxylation is 1. The molecule has 1 unspecified atom stereocenters. The van der Waals surface area contributed by atoms with Crippen LogP contribution < -0.4 is 5.69 Å². The van der Waals surface area contributed by atoms with Crippen LogP contribution in [0.5, 0.6) is 0 Å². The number of aromatic nitrogens is 2. The van der Waals surface area contributed by atoms with Crippen LogP contribution in [-0.2, 0) is 19.3 Å². The number of aliphatic hydroxyl groups is 1. The van der Waals surface area contributed by atoms with Gasteiger partial charge in [0.15, 0.2) is 0 Å². The van der Waals surface area contributed by atoms with Gasteiger partial charge in [-0.2, -0.15) is 13.2 Å². The largest absolute Gasteiger partial charge is 0.416 e. The molecule has 21 heavy (non-hydrogen) atoms. The van der Waals surface area contributed by atoms with Crippen LogP contribution >= 0.6 is 0 Å². The fourth-order valence-electron chi connectivity index (χ4n) is 2.05. The second-order valence-electron chi connectivity index (χ2n) is 4.66. The van der Waals surface area contributed by atoms with Crippen molar-refractivity contribution in [2.45, 2.75) is 32.3 Å². The van der Waals surface area contributed by atoms with E-state index in [2.05, 4.69) is 0 Å². The molecule has 7 heteroatoms. The summed E-state index contributed by atoms with van der Waals surface area (Å²) in [6.07, 6.45) is -2.57. The SMILES string of the molecule is CCn1ccn(CC(O)c2cccc(C(F)(F)F)c2)c1=O. The van der Waals surface area contributed by atoms with Gasteiger partial charge in [-0.05, 0) is 24.6 Å². The molecule has 0 spiro atoms. The lowest BCUT2D eigenvalue weighted by molar-refractivity contribution is -0.137. The molecule has 0 aliphatic heterocycles. The van der Waals surface area contributed by atoms with Crippen molar-refractivity contribution in [1.29, 1.82) is 0 Å². The van der Waals surface area contributed by atoms with E-state index >= 15 is 0 Å². The number of aliphatic hydroxyl groups excluding tert-OH is 1. The van der Waals surface area contributed by atoms with Crippen LogP contribution in [0.1, 0.15) is 24.2 Å². The quantitative estimate of drug-likeness (QED) is 0.942. The zero-order chi connectivity index (χ0) is 15.6. The fourth-order valence-corrected chi connectivity index (χ4v) is 2.05. The van der Waals surface area contributed by atoms with E-state index in [1.807, 2.05) is 0 Å². The average molecular weight is 300 g/mol. The van der Waals surface area contributed by atoms with E-state index in [0.29, 0.717) is 6.54 Å². The van der Waals surface area contributed by atoms with Gasteiger partial charge in [0.05, 0.1) is 18.2 Å². The Morgan fingerprint density at radius 3 is 2.48 bits per heavy atom. The number of nitrogens with zero attached hydrogens (tertiary/aromatic N) is 2. The summed E-state index contributed by atoms with van der Waals surface area (Å²) in [6.45, 7) is 2.20. The number of alkyl halides is 3. The summed E-state index contributed by atoms with van der Waals surface area (Å²) in [5.74, 6) is 0. The molecular weight excluding hydrogens is 285 g/mol. The molecule has 1 aromatic carbocycles. The monoisotopic (exact) mass is 300 g/mol. The summed E-state index contributed by atoms with van der Waals surface area (Å²) in [5.41, 5.74) is -0.998. The van der Waals surface area contributed by atoms with Crippen molar-refractivity contribution < 1.29 is 18.3 Å². The molecule has 0 saturated heterocycles.